The Kier molecular flexibility index (Phi) is 14.1. The van der Waals surface area contributed by atoms with Crippen LogP contribution in [0.15, 0.2) is 0 Å². The zero-order chi connectivity index (χ0) is 30.1. The van der Waals surface area contributed by atoms with Crippen LogP contribution in [-0.4, -0.2) is 62.7 Å². The summed E-state index contributed by atoms with van der Waals surface area (Å²) in [7, 11) is -8.85. The zero-order valence-corrected chi connectivity index (χ0v) is 31.3. The summed E-state index contributed by atoms with van der Waals surface area (Å²) in [6.45, 7) is 15.9. The van der Waals surface area contributed by atoms with Crippen LogP contribution >= 0.6 is 0 Å². The van der Waals surface area contributed by atoms with E-state index in [4.69, 9.17) is 26.6 Å². The predicted molar refractivity (Wildman–Crippen MR) is 178 cm³/mol. The monoisotopic (exact) mass is 642 g/mol. The van der Waals surface area contributed by atoms with E-state index in [0.717, 1.165) is 39.1 Å². The number of hydrogen-bond acceptors (Lipinski definition) is 6. The molecule has 0 N–H and O–H groups in total. The van der Waals surface area contributed by atoms with Gasteiger partial charge in [-0.05, 0) is 78.6 Å². The minimum Gasteiger partial charge on any atom is -0.412 e. The van der Waals surface area contributed by atoms with Gasteiger partial charge in [0.2, 0.25) is 0 Å². The van der Waals surface area contributed by atoms with E-state index >= 15 is 0 Å². The van der Waals surface area contributed by atoms with Crippen LogP contribution in [-0.2, 0) is 26.6 Å². The Morgan fingerprint density at radius 3 is 0.905 bits per heavy atom. The van der Waals surface area contributed by atoms with Crippen LogP contribution in [0.1, 0.15) is 157 Å². The first-order valence-electron chi connectivity index (χ1n) is 18.3. The molecule has 3 saturated carbocycles. The molecule has 3 atom stereocenters. The van der Waals surface area contributed by atoms with Crippen LogP contribution in [0.2, 0.25) is 16.6 Å². The van der Waals surface area contributed by atoms with Crippen LogP contribution in [0.3, 0.4) is 0 Å². The molecule has 6 nitrogen and oxygen atoms in total. The topological polar surface area (TPSA) is 55.4 Å². The highest BCUT2D eigenvalue weighted by Crippen LogP contribution is 2.56. The van der Waals surface area contributed by atoms with Crippen LogP contribution in [0.25, 0.3) is 0 Å². The van der Waals surface area contributed by atoms with Gasteiger partial charge in [0.05, 0.1) is 17.2 Å². The Bertz CT molecular complexity index is 663. The highest BCUT2D eigenvalue weighted by atomic mass is 28.5. The molecule has 1 heterocycles. The summed E-state index contributed by atoms with van der Waals surface area (Å²) in [5.41, 5.74) is 1.28. The maximum atomic E-state index is 8.02. The average molecular weight is 643 g/mol. The number of rotatable bonds is 15. The molecule has 42 heavy (non-hydrogen) atoms. The lowest BCUT2D eigenvalue weighted by Crippen LogP contribution is -2.82. The van der Waals surface area contributed by atoms with Gasteiger partial charge in [-0.15, -0.1) is 0 Å². The van der Waals surface area contributed by atoms with E-state index in [0.29, 0.717) is 16.6 Å². The lowest BCUT2D eigenvalue weighted by atomic mass is 10.0. The molecule has 3 aliphatic carbocycles. The first-order chi connectivity index (χ1) is 20.4. The minimum atomic E-state index is -2.95. The summed E-state index contributed by atoms with van der Waals surface area (Å²) in [5.74, 6) is 0. The Morgan fingerprint density at radius 1 is 0.452 bits per heavy atom. The molecule has 1 saturated heterocycles. The SMILES string of the molecule is CCCOC(C)[Si]1(C2CCCCC2)O[Si](C2CCCCC2)(C(C)OCCC)O[Si](C2CCCCC2)(C(C)OCCC)O1. The Morgan fingerprint density at radius 2 is 0.690 bits per heavy atom. The van der Waals surface area contributed by atoms with Crippen molar-refractivity contribution in [2.45, 2.75) is 191 Å². The van der Waals surface area contributed by atoms with Crippen molar-refractivity contribution in [2.24, 2.45) is 0 Å². The number of ether oxygens (including phenoxy) is 3. The van der Waals surface area contributed by atoms with Crippen molar-refractivity contribution in [2.75, 3.05) is 19.8 Å². The molecule has 0 amide bonds. The fourth-order valence-electron chi connectivity index (χ4n) is 8.55. The molecule has 0 radical (unpaired) electrons. The third-order valence-corrected chi connectivity index (χ3v) is 27.6. The maximum absolute atomic E-state index is 8.02. The average Bonchev–Trinajstić information content (AvgIpc) is 3.05. The molecule has 1 aliphatic heterocycles. The van der Waals surface area contributed by atoms with Gasteiger partial charge in [0, 0.05) is 36.4 Å². The van der Waals surface area contributed by atoms with E-state index in [1.54, 1.807) is 0 Å². The normalized spacial score (nSPS) is 34.7. The highest BCUT2D eigenvalue weighted by Gasteiger charge is 2.73. The van der Waals surface area contributed by atoms with Gasteiger partial charge in [0.15, 0.2) is 0 Å². The Hall–Kier alpha value is 0.411. The second kappa shape index (κ2) is 16.8. The van der Waals surface area contributed by atoms with E-state index in [2.05, 4.69) is 41.5 Å². The van der Waals surface area contributed by atoms with Gasteiger partial charge in [-0.3, -0.25) is 0 Å². The molecular weight excluding hydrogens is 577 g/mol. The summed E-state index contributed by atoms with van der Waals surface area (Å²) in [5, 5.41) is 0. The highest BCUT2D eigenvalue weighted by molar-refractivity contribution is 6.97. The van der Waals surface area contributed by atoms with Crippen molar-refractivity contribution in [3.63, 3.8) is 0 Å². The molecule has 0 aromatic heterocycles. The molecule has 4 fully saturated rings. The second-order valence-corrected chi connectivity index (χ2v) is 25.7. The summed E-state index contributed by atoms with van der Waals surface area (Å²) >= 11 is 0. The minimum absolute atomic E-state index is 0.0212. The summed E-state index contributed by atoms with van der Waals surface area (Å²) in [4.78, 5) is 0. The van der Waals surface area contributed by atoms with Crippen molar-refractivity contribution in [3.05, 3.63) is 0 Å². The van der Waals surface area contributed by atoms with Crippen LogP contribution in [0.4, 0.5) is 0 Å². The van der Waals surface area contributed by atoms with Crippen molar-refractivity contribution in [1.29, 1.82) is 0 Å². The molecular formula is C33H66O6Si3. The van der Waals surface area contributed by atoms with Gasteiger partial charge in [0.25, 0.3) is 0 Å². The molecule has 246 valence electrons. The fourth-order valence-corrected chi connectivity index (χ4v) is 30.8. The van der Waals surface area contributed by atoms with Gasteiger partial charge in [0.1, 0.15) is 0 Å². The first-order valence-corrected chi connectivity index (χ1v) is 24.2. The van der Waals surface area contributed by atoms with E-state index < -0.39 is 25.7 Å². The molecule has 9 heteroatoms. The molecule has 0 aromatic carbocycles. The largest absolute Gasteiger partial charge is 0.412 e. The molecule has 0 spiro atoms. The van der Waals surface area contributed by atoms with Crippen molar-refractivity contribution < 1.29 is 26.6 Å². The quantitative estimate of drug-likeness (QED) is 0.166. The third kappa shape index (κ3) is 7.68. The fraction of sp³-hybridized carbons (Fsp3) is 1.00. The van der Waals surface area contributed by atoms with E-state index in [-0.39, 0.29) is 17.2 Å². The van der Waals surface area contributed by atoms with E-state index in [1.807, 2.05) is 0 Å². The molecule has 4 rings (SSSR count). The lowest BCUT2D eigenvalue weighted by Gasteiger charge is -2.62. The van der Waals surface area contributed by atoms with Crippen LogP contribution in [0.5, 0.6) is 0 Å². The van der Waals surface area contributed by atoms with E-state index in [9.17, 15) is 0 Å². The van der Waals surface area contributed by atoms with Gasteiger partial charge < -0.3 is 26.6 Å². The van der Waals surface area contributed by atoms with Gasteiger partial charge in [-0.1, -0.05) is 78.6 Å². The lowest BCUT2D eigenvalue weighted by molar-refractivity contribution is 0.0156. The van der Waals surface area contributed by atoms with Crippen LogP contribution in [0, 0.1) is 0 Å². The summed E-state index contributed by atoms with van der Waals surface area (Å²) < 4.78 is 44.4. The molecule has 0 bridgehead atoms. The first kappa shape index (κ1) is 35.3. The Labute approximate surface area is 262 Å². The van der Waals surface area contributed by atoms with Crippen molar-refractivity contribution >= 4 is 25.7 Å². The predicted octanol–water partition coefficient (Wildman–Crippen LogP) is 9.44. The molecule has 0 aromatic rings. The molecule has 4 aliphatic rings. The third-order valence-electron chi connectivity index (χ3n) is 10.9. The van der Waals surface area contributed by atoms with Crippen LogP contribution < -0.4 is 0 Å². The zero-order valence-electron chi connectivity index (χ0n) is 28.3. The molecule has 3 unspecified atom stereocenters. The number of hydrogen-bond donors (Lipinski definition) is 0. The standard InChI is InChI=1S/C33H66O6Si3/c1-7-25-34-28(4)40(31-19-13-10-14-20-31)37-41(29(5)35-26-8-2,32-21-15-11-16-22-32)39-42(38-40,30(6)36-27-9-3)33-23-17-12-18-24-33/h28-33H,7-27H2,1-6H3. The van der Waals surface area contributed by atoms with Gasteiger partial charge >= 0.3 is 25.7 Å². The van der Waals surface area contributed by atoms with E-state index in [1.165, 1.54) is 96.3 Å². The van der Waals surface area contributed by atoms with Gasteiger partial charge in [-0.25, -0.2) is 0 Å². The smallest absolute Gasteiger partial charge is 0.353 e. The summed E-state index contributed by atoms with van der Waals surface area (Å²) in [6, 6.07) is 0. The Balaban J connectivity index is 1.93. The van der Waals surface area contributed by atoms with Gasteiger partial charge in [-0.2, -0.15) is 0 Å². The van der Waals surface area contributed by atoms with Crippen molar-refractivity contribution in [1.82, 2.24) is 0 Å². The van der Waals surface area contributed by atoms with Crippen molar-refractivity contribution in [3.8, 4) is 0 Å². The second-order valence-electron chi connectivity index (χ2n) is 14.0. The summed E-state index contributed by atoms with van der Waals surface area (Å²) in [6.07, 6.45) is 21.8. The maximum Gasteiger partial charge on any atom is 0.353 e.